The van der Waals surface area contributed by atoms with Gasteiger partial charge in [-0.3, -0.25) is 0 Å². The molecule has 0 aliphatic heterocycles. The number of carbonyl (C=O) groups excluding carboxylic acids is 2. The van der Waals surface area contributed by atoms with E-state index in [0.29, 0.717) is 32.1 Å². The normalized spacial score (nSPS) is 19.2. The smallest absolute Gasteiger partial charge is 0.383 e. The van der Waals surface area contributed by atoms with Gasteiger partial charge >= 0.3 is 18.0 Å². The number of hydrogen-bond donors (Lipinski definition) is 2. The molecule has 2 aliphatic rings. The summed E-state index contributed by atoms with van der Waals surface area (Å²) in [4.78, 5) is 24.1. The molecule has 7 nitrogen and oxygen atoms in total. The van der Waals surface area contributed by atoms with Crippen LogP contribution < -0.4 is 0 Å². The summed E-state index contributed by atoms with van der Waals surface area (Å²) in [7, 11) is 0. The number of aliphatic hydroxyl groups excluding tert-OH is 2. The van der Waals surface area contributed by atoms with E-state index in [9.17, 15) is 9.59 Å². The molecule has 4 rings (SSSR count). The van der Waals surface area contributed by atoms with Gasteiger partial charge in [-0.1, -0.05) is 99.7 Å². The van der Waals surface area contributed by atoms with E-state index >= 15 is 8.78 Å². The lowest BCUT2D eigenvalue weighted by Gasteiger charge is -2.35. The Bertz CT molecular complexity index is 1470. The fourth-order valence-corrected chi connectivity index (χ4v) is 6.42. The standard InChI is InChI=1S/C41H50F2O7/c1-4-5-6-7-30-8-10-31(11-9-30)32-12-14-33(15-13-32)34-16-20-37(21-17-34)41(42,43)50-38-22-18-35(19-23-38)36(26-48-39(46)28(2)24-44)27-49-40(47)29(3)25-45/h8-16,20-21,34-36,38,44-45H,2-7,17-19,22-27H2,1H3. The van der Waals surface area contributed by atoms with Crippen LogP contribution in [0.15, 0.2) is 96.6 Å². The second-order valence-corrected chi connectivity index (χ2v) is 13.3. The maximum Gasteiger partial charge on any atom is 0.383 e. The van der Waals surface area contributed by atoms with Crippen LogP contribution in [0.25, 0.3) is 11.1 Å². The average Bonchev–Trinajstić information content (AvgIpc) is 3.14. The Hall–Kier alpha value is -3.92. The van der Waals surface area contributed by atoms with Crippen molar-refractivity contribution in [1.82, 2.24) is 0 Å². The molecule has 2 aromatic carbocycles. The van der Waals surface area contributed by atoms with Gasteiger partial charge in [0.15, 0.2) is 0 Å². The highest BCUT2D eigenvalue weighted by atomic mass is 19.3. The minimum atomic E-state index is -3.45. The Balaban J connectivity index is 1.28. The van der Waals surface area contributed by atoms with Crippen LogP contribution in [0.3, 0.4) is 0 Å². The molecule has 0 aromatic heterocycles. The molecule has 270 valence electrons. The first kappa shape index (κ1) is 38.9. The lowest BCUT2D eigenvalue weighted by molar-refractivity contribution is -0.240. The summed E-state index contributed by atoms with van der Waals surface area (Å²) in [5.41, 5.74) is 4.30. The number of aliphatic hydroxyl groups is 2. The summed E-state index contributed by atoms with van der Waals surface area (Å²) in [5.74, 6) is -2.09. The average molecular weight is 693 g/mol. The molecule has 0 radical (unpaired) electrons. The van der Waals surface area contributed by atoms with Crippen molar-refractivity contribution in [3.8, 4) is 11.1 Å². The molecule has 2 aromatic rings. The van der Waals surface area contributed by atoms with Crippen molar-refractivity contribution in [2.75, 3.05) is 26.4 Å². The first-order chi connectivity index (χ1) is 24.0. The summed E-state index contributed by atoms with van der Waals surface area (Å²) in [6.07, 6.45) is 7.54. The number of esters is 2. The Labute approximate surface area is 294 Å². The molecule has 1 fully saturated rings. The van der Waals surface area contributed by atoms with Crippen molar-refractivity contribution in [2.45, 2.75) is 82.8 Å². The molecule has 1 atom stereocenters. The predicted molar refractivity (Wildman–Crippen MR) is 189 cm³/mol. The third-order valence-corrected chi connectivity index (χ3v) is 9.65. The third kappa shape index (κ3) is 11.0. The number of benzene rings is 2. The monoisotopic (exact) mass is 692 g/mol. The lowest BCUT2D eigenvalue weighted by Crippen LogP contribution is -2.36. The number of carbonyl (C=O) groups is 2. The second kappa shape index (κ2) is 18.9. The number of hydrogen-bond acceptors (Lipinski definition) is 7. The van der Waals surface area contributed by atoms with Crippen LogP contribution in [0.2, 0.25) is 0 Å². The molecular weight excluding hydrogens is 642 g/mol. The molecule has 0 saturated heterocycles. The Kier molecular flexibility index (Phi) is 14.7. The number of ether oxygens (including phenoxy) is 3. The minimum Gasteiger partial charge on any atom is -0.462 e. The van der Waals surface area contributed by atoms with Crippen molar-refractivity contribution >= 4 is 11.9 Å². The van der Waals surface area contributed by atoms with Crippen LogP contribution in [-0.4, -0.2) is 60.8 Å². The van der Waals surface area contributed by atoms with Crippen LogP contribution in [0.5, 0.6) is 0 Å². The molecule has 0 heterocycles. The SMILES string of the molecule is C=C(CO)C(=O)OCC(COC(=O)C(=C)CO)C1CCC(OC(F)(F)C2=CCC(c3ccc(-c4ccc(CCCCC)cc4)cc3)C=C2)CC1. The minimum absolute atomic E-state index is 0.00999. The second-order valence-electron chi connectivity index (χ2n) is 13.3. The van der Waals surface area contributed by atoms with E-state index in [-0.39, 0.29) is 41.8 Å². The van der Waals surface area contributed by atoms with Gasteiger partial charge in [-0.05, 0) is 73.1 Å². The Morgan fingerprint density at radius 2 is 1.42 bits per heavy atom. The highest BCUT2D eigenvalue weighted by Gasteiger charge is 2.40. The van der Waals surface area contributed by atoms with Gasteiger partial charge in [-0.15, -0.1) is 0 Å². The maximum atomic E-state index is 15.4. The van der Waals surface area contributed by atoms with E-state index in [0.717, 1.165) is 23.1 Å². The number of aryl methyl sites for hydroxylation is 1. The Morgan fingerprint density at radius 3 is 1.92 bits per heavy atom. The molecule has 0 amide bonds. The van der Waals surface area contributed by atoms with Crippen molar-refractivity contribution < 1.29 is 42.8 Å². The molecule has 2 N–H and O–H groups in total. The van der Waals surface area contributed by atoms with Crippen LogP contribution in [0, 0.1) is 11.8 Å². The first-order valence-corrected chi connectivity index (χ1v) is 17.6. The largest absolute Gasteiger partial charge is 0.462 e. The van der Waals surface area contributed by atoms with Gasteiger partial charge in [-0.2, -0.15) is 8.78 Å². The number of halogens is 2. The predicted octanol–water partition coefficient (Wildman–Crippen LogP) is 8.02. The summed E-state index contributed by atoms with van der Waals surface area (Å²) in [6.45, 7) is 7.77. The summed E-state index contributed by atoms with van der Waals surface area (Å²) < 4.78 is 46.6. The van der Waals surface area contributed by atoms with Gasteiger partial charge in [0.05, 0.1) is 43.7 Å². The number of unbranched alkanes of at least 4 members (excludes halogenated alkanes) is 2. The number of rotatable bonds is 18. The molecule has 0 spiro atoms. The molecule has 50 heavy (non-hydrogen) atoms. The van der Waals surface area contributed by atoms with Crippen molar-refractivity contribution in [2.24, 2.45) is 11.8 Å². The van der Waals surface area contributed by atoms with E-state index in [1.54, 1.807) is 6.08 Å². The van der Waals surface area contributed by atoms with Gasteiger partial charge in [0.25, 0.3) is 0 Å². The fraction of sp³-hybridized carbons (Fsp3) is 0.463. The number of alkyl halides is 2. The molecule has 1 saturated carbocycles. The van der Waals surface area contributed by atoms with Crippen LogP contribution >= 0.6 is 0 Å². The molecular formula is C41H50F2O7. The van der Waals surface area contributed by atoms with E-state index < -0.39 is 43.3 Å². The van der Waals surface area contributed by atoms with Gasteiger partial charge in [-0.25, -0.2) is 9.59 Å². The van der Waals surface area contributed by atoms with Crippen LogP contribution in [0.1, 0.15) is 75.3 Å². The zero-order valence-electron chi connectivity index (χ0n) is 29.0. The van der Waals surface area contributed by atoms with E-state index in [1.165, 1.54) is 30.9 Å². The topological polar surface area (TPSA) is 102 Å². The quantitative estimate of drug-likeness (QED) is 0.0927. The van der Waals surface area contributed by atoms with Gasteiger partial charge < -0.3 is 24.4 Å². The Morgan fingerprint density at radius 1 is 0.860 bits per heavy atom. The highest BCUT2D eigenvalue weighted by Crippen LogP contribution is 2.39. The molecule has 2 aliphatic carbocycles. The maximum absolute atomic E-state index is 15.4. The summed E-state index contributed by atoms with van der Waals surface area (Å²) in [6, 6.07) is 17.0. The lowest BCUT2D eigenvalue weighted by atomic mass is 9.79. The van der Waals surface area contributed by atoms with Gasteiger partial charge in [0.1, 0.15) is 0 Å². The summed E-state index contributed by atoms with van der Waals surface area (Å²) >= 11 is 0. The third-order valence-electron chi connectivity index (χ3n) is 9.65. The van der Waals surface area contributed by atoms with Crippen LogP contribution in [0.4, 0.5) is 8.78 Å². The summed E-state index contributed by atoms with van der Waals surface area (Å²) in [5, 5.41) is 18.3. The van der Waals surface area contributed by atoms with E-state index in [1.807, 2.05) is 6.08 Å². The zero-order chi connectivity index (χ0) is 36.1. The molecule has 9 heteroatoms. The van der Waals surface area contributed by atoms with Crippen molar-refractivity contribution in [1.29, 1.82) is 0 Å². The van der Waals surface area contributed by atoms with Crippen molar-refractivity contribution in [3.05, 3.63) is 108 Å². The molecule has 1 unspecified atom stereocenters. The molecule has 0 bridgehead atoms. The van der Waals surface area contributed by atoms with Gasteiger partial charge in [0, 0.05) is 17.4 Å². The first-order valence-electron chi connectivity index (χ1n) is 17.6. The van der Waals surface area contributed by atoms with Crippen LogP contribution in [-0.2, 0) is 30.2 Å². The van der Waals surface area contributed by atoms with E-state index in [4.69, 9.17) is 24.4 Å². The van der Waals surface area contributed by atoms with Gasteiger partial charge in [0.2, 0.25) is 0 Å². The number of allylic oxidation sites excluding steroid dienone is 2. The van der Waals surface area contributed by atoms with Crippen molar-refractivity contribution in [3.63, 3.8) is 0 Å². The highest BCUT2D eigenvalue weighted by molar-refractivity contribution is 5.88. The van der Waals surface area contributed by atoms with E-state index in [2.05, 4.69) is 68.6 Å². The zero-order valence-corrected chi connectivity index (χ0v) is 29.0. The fourth-order valence-electron chi connectivity index (χ4n) is 6.42.